The van der Waals surface area contributed by atoms with Gasteiger partial charge >= 0.3 is 18.2 Å². The standard InChI is InChI=1S/C28H33F3N4O5/c1-16-20(4-3-5-22(16)28(29,30)31)17(2)32-25(37)21-13-40-24(36)10-23(21)34-8-6-18(7-9-34)33-19-11-27(12-19)14-35(15-27)26(38)39/h3-8,17,19,21,23,33H,9-15H2,1-2H3,(H,32,37)(H,38,39)/t17-,21+,23-/m1/s1. The van der Waals surface area contributed by atoms with E-state index in [-0.39, 0.29) is 30.0 Å². The number of amides is 2. The lowest BCUT2D eigenvalue weighted by atomic mass is 9.60. The molecule has 1 aromatic carbocycles. The van der Waals surface area contributed by atoms with Gasteiger partial charge < -0.3 is 30.3 Å². The van der Waals surface area contributed by atoms with Gasteiger partial charge in [0.1, 0.15) is 6.61 Å². The van der Waals surface area contributed by atoms with Crippen LogP contribution in [0.3, 0.4) is 0 Å². The SMILES string of the molecule is Cc1c([C@@H](C)NC(=O)[C@H]2COC(=O)C[C@H]2N2C=CC(NC3CC4(C3)CN(C(=O)O)C4)=CC2)cccc1C(F)(F)F. The van der Waals surface area contributed by atoms with E-state index in [9.17, 15) is 27.6 Å². The number of halogens is 3. The van der Waals surface area contributed by atoms with Crippen molar-refractivity contribution in [2.24, 2.45) is 11.3 Å². The third-order valence-electron chi connectivity index (χ3n) is 8.55. The summed E-state index contributed by atoms with van der Waals surface area (Å²) in [5.74, 6) is -1.49. The van der Waals surface area contributed by atoms with Gasteiger partial charge in [0.15, 0.2) is 0 Å². The molecular weight excluding hydrogens is 529 g/mol. The minimum absolute atomic E-state index is 0.0151. The quantitative estimate of drug-likeness (QED) is 0.455. The van der Waals surface area contributed by atoms with Crippen molar-refractivity contribution in [2.45, 2.75) is 57.4 Å². The number of nitrogens with one attached hydrogen (secondary N) is 2. The van der Waals surface area contributed by atoms with Gasteiger partial charge in [-0.15, -0.1) is 0 Å². The van der Waals surface area contributed by atoms with Gasteiger partial charge in [0.2, 0.25) is 5.91 Å². The van der Waals surface area contributed by atoms with Gasteiger partial charge in [-0.25, -0.2) is 4.79 Å². The summed E-state index contributed by atoms with van der Waals surface area (Å²) in [6, 6.07) is 3.04. The summed E-state index contributed by atoms with van der Waals surface area (Å²) in [4.78, 5) is 39.8. The molecule has 0 bridgehead atoms. The predicted octanol–water partition coefficient (Wildman–Crippen LogP) is 3.57. The number of carbonyl (C=O) groups excluding carboxylic acids is 2. The largest absolute Gasteiger partial charge is 0.465 e. The molecule has 3 atom stereocenters. The fourth-order valence-corrected chi connectivity index (χ4v) is 6.43. The number of esters is 1. The Labute approximate surface area is 230 Å². The molecule has 2 saturated heterocycles. The number of hydrogen-bond acceptors (Lipinski definition) is 6. The van der Waals surface area contributed by atoms with Gasteiger partial charge in [-0.1, -0.05) is 12.1 Å². The summed E-state index contributed by atoms with van der Waals surface area (Å²) in [5, 5.41) is 15.4. The maximum absolute atomic E-state index is 13.4. The zero-order valence-electron chi connectivity index (χ0n) is 22.3. The van der Waals surface area contributed by atoms with Crippen LogP contribution in [0.4, 0.5) is 18.0 Å². The number of hydrogen-bond donors (Lipinski definition) is 3. The Kier molecular flexibility index (Phi) is 7.22. The second-order valence-electron chi connectivity index (χ2n) is 11.4. The lowest BCUT2D eigenvalue weighted by Crippen LogP contribution is -2.66. The first-order valence-corrected chi connectivity index (χ1v) is 13.4. The van der Waals surface area contributed by atoms with Crippen molar-refractivity contribution in [3.63, 3.8) is 0 Å². The first kappa shape index (κ1) is 27.9. The maximum atomic E-state index is 13.4. The number of allylic oxidation sites excluding steroid dienone is 1. The van der Waals surface area contributed by atoms with E-state index in [4.69, 9.17) is 9.84 Å². The minimum atomic E-state index is -4.49. The van der Waals surface area contributed by atoms with E-state index in [0.717, 1.165) is 24.6 Å². The monoisotopic (exact) mass is 562 g/mol. The third kappa shape index (κ3) is 5.48. The zero-order chi connectivity index (χ0) is 28.8. The fraction of sp³-hybridized carbons (Fsp3) is 0.536. The number of carbonyl (C=O) groups is 3. The molecule has 3 aliphatic heterocycles. The topological polar surface area (TPSA) is 111 Å². The molecule has 3 heterocycles. The van der Waals surface area contributed by atoms with Crippen LogP contribution in [0.1, 0.15) is 48.9 Å². The van der Waals surface area contributed by atoms with Crippen molar-refractivity contribution in [2.75, 3.05) is 26.2 Å². The number of likely N-dealkylation sites (tertiary alicyclic amines) is 1. The molecule has 1 saturated carbocycles. The van der Waals surface area contributed by atoms with E-state index in [2.05, 4.69) is 10.6 Å². The molecule has 1 spiro atoms. The Morgan fingerprint density at radius 2 is 1.95 bits per heavy atom. The maximum Gasteiger partial charge on any atom is 0.416 e. The number of benzene rings is 1. The normalized spacial score (nSPS) is 24.9. The van der Waals surface area contributed by atoms with Crippen molar-refractivity contribution in [3.05, 3.63) is 58.9 Å². The number of alkyl halides is 3. The molecule has 0 radical (unpaired) electrons. The molecule has 216 valence electrons. The minimum Gasteiger partial charge on any atom is -0.465 e. The molecule has 5 rings (SSSR count). The number of rotatable bonds is 6. The smallest absolute Gasteiger partial charge is 0.416 e. The van der Waals surface area contributed by atoms with Crippen LogP contribution in [0.25, 0.3) is 0 Å². The van der Waals surface area contributed by atoms with E-state index < -0.39 is 47.7 Å². The Balaban J connectivity index is 1.18. The van der Waals surface area contributed by atoms with E-state index >= 15 is 0 Å². The van der Waals surface area contributed by atoms with Crippen LogP contribution in [0.2, 0.25) is 0 Å². The van der Waals surface area contributed by atoms with Gasteiger partial charge in [0.25, 0.3) is 0 Å². The van der Waals surface area contributed by atoms with Crippen LogP contribution in [0.5, 0.6) is 0 Å². The Morgan fingerprint density at radius 3 is 2.58 bits per heavy atom. The van der Waals surface area contributed by atoms with E-state index in [1.807, 2.05) is 23.3 Å². The Bertz CT molecular complexity index is 1250. The first-order chi connectivity index (χ1) is 18.8. The highest BCUT2D eigenvalue weighted by atomic mass is 19.4. The number of cyclic esters (lactones) is 1. The highest BCUT2D eigenvalue weighted by molar-refractivity contribution is 5.83. The molecule has 1 aromatic rings. The van der Waals surface area contributed by atoms with E-state index in [1.165, 1.54) is 17.9 Å². The van der Waals surface area contributed by atoms with Crippen molar-refractivity contribution < 1.29 is 37.4 Å². The Morgan fingerprint density at radius 1 is 1.23 bits per heavy atom. The molecule has 2 amide bonds. The van der Waals surface area contributed by atoms with Crippen molar-refractivity contribution in [3.8, 4) is 0 Å². The summed E-state index contributed by atoms with van der Waals surface area (Å²) in [5.41, 5.74) is 0.719. The number of ether oxygens (including phenoxy) is 1. The van der Waals surface area contributed by atoms with Gasteiger partial charge in [0.05, 0.1) is 30.0 Å². The van der Waals surface area contributed by atoms with Crippen LogP contribution < -0.4 is 10.6 Å². The molecule has 9 nitrogen and oxygen atoms in total. The van der Waals surface area contributed by atoms with Gasteiger partial charge in [-0.05, 0) is 56.0 Å². The molecule has 4 aliphatic rings. The third-order valence-corrected chi connectivity index (χ3v) is 8.55. The summed E-state index contributed by atoms with van der Waals surface area (Å²) >= 11 is 0. The average molecular weight is 563 g/mol. The van der Waals surface area contributed by atoms with Gasteiger partial charge in [-0.2, -0.15) is 13.2 Å². The van der Waals surface area contributed by atoms with E-state index in [0.29, 0.717) is 25.2 Å². The molecule has 12 heteroatoms. The highest BCUT2D eigenvalue weighted by Gasteiger charge is 2.54. The van der Waals surface area contributed by atoms with E-state index in [1.54, 1.807) is 13.0 Å². The molecule has 3 fully saturated rings. The highest BCUT2D eigenvalue weighted by Crippen LogP contribution is 2.48. The second kappa shape index (κ2) is 10.4. The van der Waals surface area contributed by atoms with Crippen molar-refractivity contribution in [1.29, 1.82) is 0 Å². The van der Waals surface area contributed by atoms with Crippen molar-refractivity contribution >= 4 is 18.0 Å². The second-order valence-corrected chi connectivity index (χ2v) is 11.4. The number of carboxylic acid groups (broad SMARTS) is 1. The van der Waals surface area contributed by atoms with Crippen LogP contribution in [0, 0.1) is 18.3 Å². The zero-order valence-corrected chi connectivity index (χ0v) is 22.3. The van der Waals surface area contributed by atoms with Crippen LogP contribution >= 0.6 is 0 Å². The summed E-state index contributed by atoms with van der Waals surface area (Å²) < 4.78 is 45.3. The van der Waals surface area contributed by atoms with Crippen LogP contribution in [-0.2, 0) is 20.5 Å². The van der Waals surface area contributed by atoms with Gasteiger partial charge in [0, 0.05) is 43.0 Å². The predicted molar refractivity (Wildman–Crippen MR) is 138 cm³/mol. The lowest BCUT2D eigenvalue weighted by molar-refractivity contribution is -0.156. The molecular formula is C28H33F3N4O5. The fourth-order valence-electron chi connectivity index (χ4n) is 6.43. The molecule has 0 unspecified atom stereocenters. The average Bonchev–Trinajstić information content (AvgIpc) is 2.84. The lowest BCUT2D eigenvalue weighted by Gasteiger charge is -2.58. The number of nitrogens with zero attached hydrogens (tertiary/aromatic N) is 2. The molecule has 1 aliphatic carbocycles. The summed E-state index contributed by atoms with van der Waals surface area (Å²) in [7, 11) is 0. The first-order valence-electron chi connectivity index (χ1n) is 13.4. The van der Waals surface area contributed by atoms with Crippen LogP contribution in [-0.4, -0.2) is 71.2 Å². The summed E-state index contributed by atoms with van der Waals surface area (Å²) in [6.45, 7) is 4.54. The van der Waals surface area contributed by atoms with Gasteiger partial charge in [-0.3, -0.25) is 9.59 Å². The molecule has 40 heavy (non-hydrogen) atoms. The molecule has 3 N–H and O–H groups in total. The molecule has 0 aromatic heterocycles. The van der Waals surface area contributed by atoms with Crippen molar-refractivity contribution in [1.82, 2.24) is 20.4 Å². The Hall–Kier alpha value is -3.70. The van der Waals surface area contributed by atoms with Crippen LogP contribution in [0.15, 0.2) is 42.2 Å². The summed E-state index contributed by atoms with van der Waals surface area (Å²) in [6.07, 6.45) is 2.18.